The second-order valence-electron chi connectivity index (χ2n) is 9.70. The number of piperidine rings is 4. The summed E-state index contributed by atoms with van der Waals surface area (Å²) in [5.74, 6) is 2.13. The van der Waals surface area contributed by atoms with E-state index in [1.807, 2.05) is 4.90 Å². The van der Waals surface area contributed by atoms with Crippen molar-refractivity contribution in [2.45, 2.75) is 82.3 Å². The van der Waals surface area contributed by atoms with Gasteiger partial charge in [-0.25, -0.2) is 0 Å². The van der Waals surface area contributed by atoms with Gasteiger partial charge in [-0.05, 0) is 57.8 Å². The van der Waals surface area contributed by atoms with Crippen molar-refractivity contribution in [2.75, 3.05) is 26.2 Å². The first-order valence-corrected chi connectivity index (χ1v) is 10.9. The lowest BCUT2D eigenvalue weighted by Gasteiger charge is -2.59. The van der Waals surface area contributed by atoms with Crippen LogP contribution in [0.3, 0.4) is 0 Å². The monoisotopic (exact) mass is 320 g/mol. The molecule has 0 radical (unpaired) electrons. The number of quaternary nitrogens is 3. The summed E-state index contributed by atoms with van der Waals surface area (Å²) in [4.78, 5) is 2.05. The quantitative estimate of drug-likeness (QED) is 0.571. The molecule has 5 rings (SSSR count). The first-order valence-electron chi connectivity index (χ1n) is 10.9. The van der Waals surface area contributed by atoms with Gasteiger partial charge in [-0.1, -0.05) is 0 Å². The Morgan fingerprint density at radius 1 is 0.826 bits per heavy atom. The molecule has 4 aliphatic heterocycles. The number of nitrogens with one attached hydrogen (secondary N) is 1. The second-order valence-corrected chi connectivity index (χ2v) is 9.70. The Morgan fingerprint density at radius 3 is 2.65 bits per heavy atom. The summed E-state index contributed by atoms with van der Waals surface area (Å²) in [5.41, 5.74) is 0.678. The zero-order valence-corrected chi connectivity index (χ0v) is 14.9. The average molecular weight is 321 g/mol. The lowest BCUT2D eigenvalue weighted by Crippen LogP contribution is -3.22. The Morgan fingerprint density at radius 2 is 1.74 bits per heavy atom. The molecule has 5 N–H and O–H groups in total. The van der Waals surface area contributed by atoms with Crippen molar-refractivity contribution in [3.05, 3.63) is 0 Å². The highest BCUT2D eigenvalue weighted by Crippen LogP contribution is 2.49. The van der Waals surface area contributed by atoms with Crippen molar-refractivity contribution >= 4 is 0 Å². The van der Waals surface area contributed by atoms with Gasteiger partial charge >= 0.3 is 0 Å². The SMILES string of the molecule is C1CC[C@H]([C@@]23C[C@H](C[C@H]4CCC[NH2+][C@H]42)[C@@H]2CCCC[NH+]2C3)[NH2+]C1. The zero-order chi connectivity index (χ0) is 15.3. The van der Waals surface area contributed by atoms with Crippen LogP contribution in [0.5, 0.6) is 0 Å². The highest BCUT2D eigenvalue weighted by molar-refractivity contribution is 5.04. The molecule has 3 heteroatoms. The van der Waals surface area contributed by atoms with E-state index in [9.17, 15) is 0 Å². The molecule has 5 fully saturated rings. The van der Waals surface area contributed by atoms with Crippen LogP contribution in [0.15, 0.2) is 0 Å². The van der Waals surface area contributed by atoms with Gasteiger partial charge in [0.1, 0.15) is 17.5 Å². The van der Waals surface area contributed by atoms with Crippen LogP contribution in [-0.2, 0) is 0 Å². The van der Waals surface area contributed by atoms with Gasteiger partial charge in [0, 0.05) is 18.3 Å². The van der Waals surface area contributed by atoms with Crippen molar-refractivity contribution in [2.24, 2.45) is 17.3 Å². The van der Waals surface area contributed by atoms with E-state index in [4.69, 9.17) is 0 Å². The van der Waals surface area contributed by atoms with Crippen LogP contribution >= 0.6 is 0 Å². The minimum absolute atomic E-state index is 0.678. The molecule has 0 aromatic heterocycles. The van der Waals surface area contributed by atoms with E-state index in [-0.39, 0.29) is 0 Å². The fraction of sp³-hybridized carbons (Fsp3) is 1.00. The van der Waals surface area contributed by atoms with Gasteiger partial charge in [-0.15, -0.1) is 0 Å². The molecule has 130 valence electrons. The molecule has 4 heterocycles. The van der Waals surface area contributed by atoms with Crippen LogP contribution in [-0.4, -0.2) is 44.3 Å². The standard InChI is InChI=1S/C20H35N3/c1-3-9-21-18(8-1)20-13-16(12-15-6-5-10-22-19(15)20)17-7-2-4-11-23(17)14-20/h15-19,21-22H,1-14H2/p+3/t15-,16+,17+,18-,19-,20+/m1/s1. The predicted molar refractivity (Wildman–Crippen MR) is 91.2 cm³/mol. The van der Waals surface area contributed by atoms with E-state index < -0.39 is 0 Å². The summed E-state index contributed by atoms with van der Waals surface area (Å²) in [6, 6.07) is 2.97. The summed E-state index contributed by atoms with van der Waals surface area (Å²) < 4.78 is 0. The number of fused-ring (bicyclic) bond motifs is 6. The highest BCUT2D eigenvalue weighted by Gasteiger charge is 2.64. The van der Waals surface area contributed by atoms with E-state index >= 15 is 0 Å². The maximum atomic E-state index is 2.83. The molecule has 0 spiro atoms. The van der Waals surface area contributed by atoms with Crippen LogP contribution in [0.25, 0.3) is 0 Å². The Balaban J connectivity index is 1.50. The predicted octanol–water partition coefficient (Wildman–Crippen LogP) is -0.708. The smallest absolute Gasteiger partial charge is 0.123 e. The van der Waals surface area contributed by atoms with Crippen LogP contribution in [0, 0.1) is 17.3 Å². The highest BCUT2D eigenvalue weighted by atomic mass is 15.2. The molecule has 0 aromatic rings. The van der Waals surface area contributed by atoms with Crippen LogP contribution in [0.2, 0.25) is 0 Å². The summed E-state index contributed by atoms with van der Waals surface area (Å²) in [6.45, 7) is 5.85. The summed E-state index contributed by atoms with van der Waals surface area (Å²) in [5, 5.41) is 5.63. The molecule has 3 nitrogen and oxygen atoms in total. The van der Waals surface area contributed by atoms with Crippen molar-refractivity contribution in [3.8, 4) is 0 Å². The normalized spacial score (nSPS) is 53.2. The topological polar surface area (TPSA) is 37.7 Å². The van der Waals surface area contributed by atoms with Gasteiger partial charge in [-0.3, -0.25) is 0 Å². The first-order chi connectivity index (χ1) is 11.4. The fourth-order valence-electron chi connectivity index (χ4n) is 7.93. The summed E-state index contributed by atoms with van der Waals surface area (Å²) >= 11 is 0. The first kappa shape index (κ1) is 15.2. The molecule has 1 aliphatic carbocycles. The summed E-state index contributed by atoms with van der Waals surface area (Å²) in [6.07, 6.45) is 15.3. The zero-order valence-electron chi connectivity index (χ0n) is 14.9. The minimum atomic E-state index is 0.678. The number of rotatable bonds is 1. The molecule has 5 aliphatic rings. The Kier molecular flexibility index (Phi) is 3.95. The minimum Gasteiger partial charge on any atom is -0.343 e. The third-order valence-corrected chi connectivity index (χ3v) is 8.69. The van der Waals surface area contributed by atoms with E-state index in [0.29, 0.717) is 5.41 Å². The van der Waals surface area contributed by atoms with Crippen LogP contribution in [0.4, 0.5) is 0 Å². The summed E-state index contributed by atoms with van der Waals surface area (Å²) in [7, 11) is 0. The van der Waals surface area contributed by atoms with E-state index in [1.165, 1.54) is 64.7 Å². The Labute approximate surface area is 142 Å². The second kappa shape index (κ2) is 6.00. The number of nitrogens with two attached hydrogens (primary N) is 2. The number of hydrogen-bond acceptors (Lipinski definition) is 0. The lowest BCUT2D eigenvalue weighted by atomic mass is 9.52. The molecule has 1 saturated carbocycles. The molecule has 0 aromatic carbocycles. The third kappa shape index (κ3) is 2.41. The van der Waals surface area contributed by atoms with Crippen LogP contribution < -0.4 is 15.5 Å². The molecular formula is C20H38N3+3. The van der Waals surface area contributed by atoms with E-state index in [0.717, 1.165) is 30.0 Å². The van der Waals surface area contributed by atoms with E-state index in [2.05, 4.69) is 10.6 Å². The fourth-order valence-corrected chi connectivity index (χ4v) is 7.93. The Bertz CT molecular complexity index is 431. The van der Waals surface area contributed by atoms with Gasteiger partial charge in [0.2, 0.25) is 0 Å². The third-order valence-electron chi connectivity index (χ3n) is 8.69. The van der Waals surface area contributed by atoms with Gasteiger partial charge in [0.15, 0.2) is 0 Å². The molecule has 23 heavy (non-hydrogen) atoms. The van der Waals surface area contributed by atoms with Crippen molar-refractivity contribution < 1.29 is 15.5 Å². The molecule has 0 amide bonds. The Hall–Kier alpha value is -0.120. The van der Waals surface area contributed by atoms with Crippen molar-refractivity contribution in [1.29, 1.82) is 0 Å². The van der Waals surface area contributed by atoms with Crippen molar-refractivity contribution in [3.63, 3.8) is 0 Å². The van der Waals surface area contributed by atoms with Gasteiger partial charge < -0.3 is 15.5 Å². The van der Waals surface area contributed by atoms with Crippen molar-refractivity contribution in [1.82, 2.24) is 0 Å². The van der Waals surface area contributed by atoms with Crippen LogP contribution in [0.1, 0.15) is 64.2 Å². The lowest BCUT2D eigenvalue weighted by molar-refractivity contribution is -0.958. The van der Waals surface area contributed by atoms with Gasteiger partial charge in [0.25, 0.3) is 0 Å². The largest absolute Gasteiger partial charge is 0.343 e. The molecular weight excluding hydrogens is 282 g/mol. The molecule has 4 saturated heterocycles. The average Bonchev–Trinajstić information content (AvgIpc) is 2.63. The van der Waals surface area contributed by atoms with E-state index in [1.54, 1.807) is 25.7 Å². The van der Waals surface area contributed by atoms with Gasteiger partial charge in [-0.2, -0.15) is 0 Å². The molecule has 7 atom stereocenters. The molecule has 1 unspecified atom stereocenters. The maximum Gasteiger partial charge on any atom is 0.123 e. The van der Waals surface area contributed by atoms with Gasteiger partial charge in [0.05, 0.1) is 32.2 Å². The molecule has 2 bridgehead atoms. The maximum absolute atomic E-state index is 2.83. The number of hydrogen-bond donors (Lipinski definition) is 3.